The second-order valence-electron chi connectivity index (χ2n) is 4.74. The van der Waals surface area contributed by atoms with Crippen LogP contribution >= 0.6 is 11.8 Å². The van der Waals surface area contributed by atoms with Gasteiger partial charge in [-0.25, -0.2) is 4.79 Å². The Kier molecular flexibility index (Phi) is 4.11. The molecule has 0 atom stereocenters. The van der Waals surface area contributed by atoms with Crippen LogP contribution in [0.25, 0.3) is 0 Å². The van der Waals surface area contributed by atoms with Crippen molar-refractivity contribution in [1.29, 1.82) is 0 Å². The highest BCUT2D eigenvalue weighted by Crippen LogP contribution is 2.31. The van der Waals surface area contributed by atoms with Gasteiger partial charge in [-0.15, -0.1) is 11.8 Å². The summed E-state index contributed by atoms with van der Waals surface area (Å²) < 4.78 is 0. The van der Waals surface area contributed by atoms with Crippen molar-refractivity contribution in [1.82, 2.24) is 0 Å². The lowest BCUT2D eigenvalue weighted by molar-refractivity contribution is 0.0696. The predicted molar refractivity (Wildman–Crippen MR) is 70.8 cm³/mol. The van der Waals surface area contributed by atoms with Crippen LogP contribution in [-0.2, 0) is 0 Å². The van der Waals surface area contributed by atoms with Gasteiger partial charge in [0.05, 0.1) is 5.56 Å². The highest BCUT2D eigenvalue weighted by atomic mass is 32.2. The number of aromatic carboxylic acids is 1. The standard InChI is InChI=1S/C14H18O2S/c1-10-6-7-12(8-13(10)14(15)16)17-9-11-4-2-3-5-11/h6-8,11H,2-5,9H2,1H3,(H,15,16). The lowest BCUT2D eigenvalue weighted by Gasteiger charge is -2.09. The number of carbonyl (C=O) groups is 1. The maximum Gasteiger partial charge on any atom is 0.335 e. The first-order valence-electron chi connectivity index (χ1n) is 6.13. The monoisotopic (exact) mass is 250 g/mol. The Hall–Kier alpha value is -0.960. The van der Waals surface area contributed by atoms with Crippen molar-refractivity contribution in [2.45, 2.75) is 37.5 Å². The van der Waals surface area contributed by atoms with Gasteiger partial charge in [-0.3, -0.25) is 0 Å². The summed E-state index contributed by atoms with van der Waals surface area (Å²) in [4.78, 5) is 12.1. The molecular weight excluding hydrogens is 232 g/mol. The zero-order valence-corrected chi connectivity index (χ0v) is 10.9. The summed E-state index contributed by atoms with van der Waals surface area (Å²) in [6, 6.07) is 5.74. The molecule has 1 fully saturated rings. The number of carboxylic acids is 1. The number of carboxylic acid groups (broad SMARTS) is 1. The van der Waals surface area contributed by atoms with E-state index in [0.29, 0.717) is 5.56 Å². The van der Waals surface area contributed by atoms with E-state index in [0.717, 1.165) is 22.1 Å². The molecule has 0 radical (unpaired) electrons. The van der Waals surface area contributed by atoms with Crippen molar-refractivity contribution in [3.8, 4) is 0 Å². The molecule has 3 heteroatoms. The van der Waals surface area contributed by atoms with E-state index >= 15 is 0 Å². The second-order valence-corrected chi connectivity index (χ2v) is 5.84. The van der Waals surface area contributed by atoms with Gasteiger partial charge in [0.25, 0.3) is 0 Å². The summed E-state index contributed by atoms with van der Waals surface area (Å²) in [6.45, 7) is 1.84. The third kappa shape index (κ3) is 3.25. The van der Waals surface area contributed by atoms with Gasteiger partial charge in [0.15, 0.2) is 0 Å². The summed E-state index contributed by atoms with van der Waals surface area (Å²) in [5, 5.41) is 9.06. The van der Waals surface area contributed by atoms with Crippen molar-refractivity contribution in [3.05, 3.63) is 29.3 Å². The van der Waals surface area contributed by atoms with Crippen LogP contribution in [0.2, 0.25) is 0 Å². The molecule has 2 rings (SSSR count). The van der Waals surface area contributed by atoms with Crippen LogP contribution < -0.4 is 0 Å². The minimum atomic E-state index is -0.828. The molecule has 1 aromatic carbocycles. The van der Waals surface area contributed by atoms with E-state index in [1.165, 1.54) is 25.7 Å². The van der Waals surface area contributed by atoms with Crippen LogP contribution in [0.1, 0.15) is 41.6 Å². The summed E-state index contributed by atoms with van der Waals surface area (Å²) in [6.07, 6.45) is 5.40. The number of hydrogen-bond acceptors (Lipinski definition) is 2. The largest absolute Gasteiger partial charge is 0.478 e. The molecule has 0 unspecified atom stereocenters. The highest BCUT2D eigenvalue weighted by molar-refractivity contribution is 7.99. The Morgan fingerprint density at radius 3 is 2.76 bits per heavy atom. The van der Waals surface area contributed by atoms with Gasteiger partial charge >= 0.3 is 5.97 Å². The summed E-state index contributed by atoms with van der Waals surface area (Å²) in [7, 11) is 0. The molecular formula is C14H18O2S. The van der Waals surface area contributed by atoms with Crippen molar-refractivity contribution in [3.63, 3.8) is 0 Å². The van der Waals surface area contributed by atoms with Crippen LogP contribution in [0.5, 0.6) is 0 Å². The normalized spacial score (nSPS) is 16.3. The maximum atomic E-state index is 11.0. The van der Waals surface area contributed by atoms with Crippen LogP contribution in [0.3, 0.4) is 0 Å². The molecule has 1 saturated carbocycles. The molecule has 1 aliphatic carbocycles. The number of rotatable bonds is 4. The molecule has 92 valence electrons. The molecule has 0 aromatic heterocycles. The maximum absolute atomic E-state index is 11.0. The summed E-state index contributed by atoms with van der Waals surface area (Å²) >= 11 is 1.79. The van der Waals surface area contributed by atoms with Crippen molar-refractivity contribution in [2.24, 2.45) is 5.92 Å². The second kappa shape index (κ2) is 5.58. The van der Waals surface area contributed by atoms with Gasteiger partial charge in [-0.1, -0.05) is 18.9 Å². The lowest BCUT2D eigenvalue weighted by atomic mass is 10.1. The Morgan fingerprint density at radius 2 is 2.12 bits per heavy atom. The minimum absolute atomic E-state index is 0.432. The minimum Gasteiger partial charge on any atom is -0.478 e. The SMILES string of the molecule is Cc1ccc(SCC2CCCC2)cc1C(=O)O. The van der Waals surface area contributed by atoms with Gasteiger partial charge in [-0.05, 0) is 43.4 Å². The zero-order valence-electron chi connectivity index (χ0n) is 10.1. The van der Waals surface area contributed by atoms with Gasteiger partial charge in [-0.2, -0.15) is 0 Å². The lowest BCUT2D eigenvalue weighted by Crippen LogP contribution is -2.00. The molecule has 1 N–H and O–H groups in total. The topological polar surface area (TPSA) is 37.3 Å². The molecule has 0 spiro atoms. The van der Waals surface area contributed by atoms with E-state index in [9.17, 15) is 4.79 Å². The van der Waals surface area contributed by atoms with Crippen LogP contribution in [0.4, 0.5) is 0 Å². The fraction of sp³-hybridized carbons (Fsp3) is 0.500. The van der Waals surface area contributed by atoms with Crippen molar-refractivity contribution >= 4 is 17.7 Å². The van der Waals surface area contributed by atoms with Gasteiger partial charge < -0.3 is 5.11 Å². The number of hydrogen-bond donors (Lipinski definition) is 1. The molecule has 1 aromatic rings. The zero-order chi connectivity index (χ0) is 12.3. The van der Waals surface area contributed by atoms with E-state index in [1.807, 2.05) is 19.1 Å². The van der Waals surface area contributed by atoms with E-state index < -0.39 is 5.97 Å². The van der Waals surface area contributed by atoms with E-state index in [2.05, 4.69) is 0 Å². The van der Waals surface area contributed by atoms with Gasteiger partial charge in [0, 0.05) is 10.6 Å². The summed E-state index contributed by atoms with van der Waals surface area (Å²) in [5.41, 5.74) is 1.27. The smallest absolute Gasteiger partial charge is 0.335 e. The van der Waals surface area contributed by atoms with Crippen LogP contribution in [-0.4, -0.2) is 16.8 Å². The Labute approximate surface area is 106 Å². The quantitative estimate of drug-likeness (QED) is 0.821. The molecule has 0 bridgehead atoms. The third-order valence-electron chi connectivity index (χ3n) is 3.40. The molecule has 0 heterocycles. The molecule has 0 amide bonds. The highest BCUT2D eigenvalue weighted by Gasteiger charge is 2.15. The number of benzene rings is 1. The first kappa shape index (κ1) is 12.5. The number of aryl methyl sites for hydroxylation is 1. The molecule has 1 aliphatic rings. The molecule has 2 nitrogen and oxygen atoms in total. The molecule has 0 saturated heterocycles. The van der Waals surface area contributed by atoms with Gasteiger partial charge in [0.2, 0.25) is 0 Å². The van der Waals surface area contributed by atoms with Crippen LogP contribution in [0.15, 0.2) is 23.1 Å². The third-order valence-corrected chi connectivity index (χ3v) is 4.63. The fourth-order valence-corrected chi connectivity index (χ4v) is 3.44. The molecule has 0 aliphatic heterocycles. The first-order chi connectivity index (χ1) is 8.16. The van der Waals surface area contributed by atoms with Crippen LogP contribution in [0, 0.1) is 12.8 Å². The molecule has 17 heavy (non-hydrogen) atoms. The van der Waals surface area contributed by atoms with E-state index in [4.69, 9.17) is 5.11 Å². The first-order valence-corrected chi connectivity index (χ1v) is 7.12. The summed E-state index contributed by atoms with van der Waals surface area (Å²) in [5.74, 6) is 1.13. The average Bonchev–Trinajstić information content (AvgIpc) is 2.80. The fourth-order valence-electron chi connectivity index (χ4n) is 2.31. The van der Waals surface area contributed by atoms with E-state index in [-0.39, 0.29) is 0 Å². The van der Waals surface area contributed by atoms with Crippen molar-refractivity contribution < 1.29 is 9.90 Å². The van der Waals surface area contributed by atoms with Crippen molar-refractivity contribution in [2.75, 3.05) is 5.75 Å². The Balaban J connectivity index is 2.00. The van der Waals surface area contributed by atoms with Gasteiger partial charge in [0.1, 0.15) is 0 Å². The Bertz CT molecular complexity index is 409. The predicted octanol–water partition coefficient (Wildman–Crippen LogP) is 3.98. The number of thioether (sulfide) groups is 1. The van der Waals surface area contributed by atoms with E-state index in [1.54, 1.807) is 17.8 Å². The Morgan fingerprint density at radius 1 is 1.41 bits per heavy atom. The average molecular weight is 250 g/mol.